The number of aromatic nitrogens is 2. The molecule has 68 valence electrons. The molecule has 0 aliphatic rings. The average molecular weight is 256 g/mol. The fraction of sp³-hybridized carbons (Fsp3) is 0. The van der Waals surface area contributed by atoms with Gasteiger partial charge in [-0.3, -0.25) is 5.10 Å². The van der Waals surface area contributed by atoms with Crippen LogP contribution in [-0.2, 0) is 0 Å². The lowest BCUT2D eigenvalue weighted by Crippen LogP contribution is -1.78. The van der Waals surface area contributed by atoms with Crippen LogP contribution in [0.3, 0.4) is 0 Å². The summed E-state index contributed by atoms with van der Waals surface area (Å²) in [6.45, 7) is 0. The lowest BCUT2D eigenvalue weighted by atomic mass is 10.2. The fourth-order valence-electron chi connectivity index (χ4n) is 1.04. The third-order valence-electron chi connectivity index (χ3n) is 1.67. The van der Waals surface area contributed by atoms with Gasteiger partial charge in [-0.25, -0.2) is 0 Å². The van der Waals surface area contributed by atoms with Crippen LogP contribution in [0.1, 0.15) is 0 Å². The van der Waals surface area contributed by atoms with Crippen molar-refractivity contribution in [1.82, 2.24) is 10.2 Å². The second-order valence-electron chi connectivity index (χ2n) is 2.41. The molecule has 2 aromatic rings. The van der Waals surface area contributed by atoms with E-state index in [1.54, 1.807) is 6.20 Å². The number of rotatable bonds is 0. The molecule has 0 atom stereocenters. The molecule has 0 aliphatic carbocycles. The smallest absolute Gasteiger partial charge is 0.0867 e. The van der Waals surface area contributed by atoms with Crippen molar-refractivity contribution in [1.29, 1.82) is 0 Å². The number of hydrogen-bond acceptors (Lipinski definition) is 1. The number of hydrogen-bond donors (Lipinski definition) is 1. The molecule has 2 nitrogen and oxygen atoms in total. The Morgan fingerprint density at radius 3 is 2.23 bits per heavy atom. The van der Waals surface area contributed by atoms with E-state index >= 15 is 0 Å². The van der Waals surface area contributed by atoms with Crippen LogP contribution in [0.2, 0.25) is 20.1 Å². The van der Waals surface area contributed by atoms with Gasteiger partial charge in [-0.05, 0) is 0 Å². The van der Waals surface area contributed by atoms with E-state index in [0.29, 0.717) is 20.9 Å². The largest absolute Gasteiger partial charge is 0.276 e. The monoisotopic (exact) mass is 254 g/mol. The SMILES string of the molecule is Clc1c(Cl)c(Cl)c2[nH]ncc2c1Cl. The number of fused-ring (bicyclic) bond motifs is 1. The van der Waals surface area contributed by atoms with E-state index in [9.17, 15) is 0 Å². The molecule has 0 unspecified atom stereocenters. The molecular weight excluding hydrogens is 254 g/mol. The van der Waals surface area contributed by atoms with Crippen LogP contribution < -0.4 is 0 Å². The molecule has 6 heteroatoms. The van der Waals surface area contributed by atoms with Gasteiger partial charge in [0.05, 0.1) is 31.8 Å². The van der Waals surface area contributed by atoms with Gasteiger partial charge in [0.25, 0.3) is 0 Å². The van der Waals surface area contributed by atoms with Gasteiger partial charge in [-0.2, -0.15) is 5.10 Å². The third kappa shape index (κ3) is 1.29. The highest BCUT2D eigenvalue weighted by atomic mass is 35.5. The molecule has 0 amide bonds. The molecule has 0 radical (unpaired) electrons. The van der Waals surface area contributed by atoms with Crippen LogP contribution >= 0.6 is 46.4 Å². The molecule has 2 rings (SSSR count). The zero-order valence-corrected chi connectivity index (χ0v) is 9.06. The standard InChI is InChI=1S/C7H2Cl4N2/c8-3-2-1-12-13-7(2)6(11)5(10)4(3)9/h1H,(H,12,13). The minimum absolute atomic E-state index is 0.241. The van der Waals surface area contributed by atoms with Gasteiger partial charge in [0.1, 0.15) is 0 Å². The summed E-state index contributed by atoms with van der Waals surface area (Å²) in [6, 6.07) is 0. The molecule has 1 aromatic heterocycles. The van der Waals surface area contributed by atoms with E-state index in [4.69, 9.17) is 46.4 Å². The zero-order chi connectivity index (χ0) is 9.59. The van der Waals surface area contributed by atoms with Crippen molar-refractivity contribution >= 4 is 57.3 Å². The average Bonchev–Trinajstić information content (AvgIpc) is 2.59. The Labute approximate surface area is 93.7 Å². The summed E-state index contributed by atoms with van der Waals surface area (Å²) in [4.78, 5) is 0. The Morgan fingerprint density at radius 2 is 1.54 bits per heavy atom. The van der Waals surface area contributed by atoms with E-state index in [2.05, 4.69) is 10.2 Å². The van der Waals surface area contributed by atoms with Gasteiger partial charge in [-0.1, -0.05) is 46.4 Å². The lowest BCUT2D eigenvalue weighted by molar-refractivity contribution is 1.12. The van der Waals surface area contributed by atoms with Crippen LogP contribution in [0, 0.1) is 0 Å². The first-order valence-corrected chi connectivity index (χ1v) is 4.79. The lowest BCUT2D eigenvalue weighted by Gasteiger charge is -2.02. The Hall–Kier alpha value is -0.150. The summed E-state index contributed by atoms with van der Waals surface area (Å²) in [7, 11) is 0. The number of benzene rings is 1. The van der Waals surface area contributed by atoms with Crippen molar-refractivity contribution in [2.45, 2.75) is 0 Å². The normalized spacial score (nSPS) is 11.1. The number of H-pyrrole nitrogens is 1. The molecule has 0 saturated heterocycles. The third-order valence-corrected chi connectivity index (χ3v) is 3.49. The second kappa shape index (κ2) is 3.21. The first-order chi connectivity index (χ1) is 6.13. The maximum Gasteiger partial charge on any atom is 0.0867 e. The topological polar surface area (TPSA) is 28.7 Å². The Kier molecular flexibility index (Phi) is 2.32. The summed E-state index contributed by atoms with van der Waals surface area (Å²) in [5.74, 6) is 0. The molecule has 0 fully saturated rings. The summed E-state index contributed by atoms with van der Waals surface area (Å²) in [5.41, 5.74) is 0.598. The van der Waals surface area contributed by atoms with E-state index in [-0.39, 0.29) is 10.0 Å². The first kappa shape index (κ1) is 9.41. The predicted molar refractivity (Wildman–Crippen MR) is 56.1 cm³/mol. The van der Waals surface area contributed by atoms with E-state index in [1.165, 1.54) is 0 Å². The van der Waals surface area contributed by atoms with Gasteiger partial charge >= 0.3 is 0 Å². The fourth-order valence-corrected chi connectivity index (χ4v) is 2.00. The number of nitrogens with one attached hydrogen (secondary N) is 1. The van der Waals surface area contributed by atoms with Gasteiger partial charge in [0, 0.05) is 5.39 Å². The minimum Gasteiger partial charge on any atom is -0.276 e. The van der Waals surface area contributed by atoms with Gasteiger partial charge in [0.15, 0.2) is 0 Å². The molecule has 1 aromatic carbocycles. The number of nitrogens with zero attached hydrogens (tertiary/aromatic N) is 1. The van der Waals surface area contributed by atoms with E-state index < -0.39 is 0 Å². The molecule has 1 N–H and O–H groups in total. The number of aromatic amines is 1. The molecule has 0 aliphatic heterocycles. The Balaban J connectivity index is 3.02. The Bertz CT molecular complexity index is 435. The van der Waals surface area contributed by atoms with Gasteiger partial charge in [0.2, 0.25) is 0 Å². The van der Waals surface area contributed by atoms with Crippen molar-refractivity contribution in [2.24, 2.45) is 0 Å². The molecule has 13 heavy (non-hydrogen) atoms. The molecule has 1 heterocycles. The van der Waals surface area contributed by atoms with Crippen molar-refractivity contribution in [2.75, 3.05) is 0 Å². The highest BCUT2D eigenvalue weighted by Crippen LogP contribution is 2.41. The van der Waals surface area contributed by atoms with Crippen molar-refractivity contribution in [3.05, 3.63) is 26.3 Å². The summed E-state index contributed by atoms with van der Waals surface area (Å²) in [6.07, 6.45) is 1.55. The van der Waals surface area contributed by atoms with Crippen molar-refractivity contribution < 1.29 is 0 Å². The van der Waals surface area contributed by atoms with Crippen molar-refractivity contribution in [3.8, 4) is 0 Å². The van der Waals surface area contributed by atoms with Crippen molar-refractivity contribution in [3.63, 3.8) is 0 Å². The van der Waals surface area contributed by atoms with Crippen LogP contribution in [0.25, 0.3) is 10.9 Å². The Morgan fingerprint density at radius 1 is 0.923 bits per heavy atom. The molecule has 0 bridgehead atoms. The minimum atomic E-state index is 0.241. The van der Waals surface area contributed by atoms with Crippen LogP contribution in [0.4, 0.5) is 0 Å². The maximum absolute atomic E-state index is 5.91. The predicted octanol–water partition coefficient (Wildman–Crippen LogP) is 4.18. The van der Waals surface area contributed by atoms with E-state index in [1.807, 2.05) is 0 Å². The van der Waals surface area contributed by atoms with Gasteiger partial charge in [-0.15, -0.1) is 0 Å². The second-order valence-corrected chi connectivity index (χ2v) is 3.93. The van der Waals surface area contributed by atoms with Crippen LogP contribution in [0.15, 0.2) is 6.20 Å². The van der Waals surface area contributed by atoms with E-state index in [0.717, 1.165) is 0 Å². The van der Waals surface area contributed by atoms with Gasteiger partial charge < -0.3 is 0 Å². The summed E-state index contributed by atoms with van der Waals surface area (Å²) < 4.78 is 0. The highest BCUT2D eigenvalue weighted by Gasteiger charge is 2.15. The quantitative estimate of drug-likeness (QED) is 0.555. The van der Waals surface area contributed by atoms with Crippen LogP contribution in [0.5, 0.6) is 0 Å². The zero-order valence-electron chi connectivity index (χ0n) is 6.04. The molecular formula is C7H2Cl4N2. The molecule has 0 spiro atoms. The maximum atomic E-state index is 5.91. The first-order valence-electron chi connectivity index (χ1n) is 3.28. The summed E-state index contributed by atoms with van der Waals surface area (Å²) in [5, 5.41) is 8.34. The molecule has 0 saturated carbocycles. The highest BCUT2D eigenvalue weighted by molar-refractivity contribution is 6.55. The number of halogens is 4. The summed E-state index contributed by atoms with van der Waals surface area (Å²) >= 11 is 23.5. The van der Waals surface area contributed by atoms with Crippen LogP contribution in [-0.4, -0.2) is 10.2 Å².